The van der Waals surface area contributed by atoms with Crippen molar-refractivity contribution in [2.75, 3.05) is 40.5 Å². The summed E-state index contributed by atoms with van der Waals surface area (Å²) in [6.45, 7) is 5.62. The third kappa shape index (κ3) is 13.9. The van der Waals surface area contributed by atoms with Crippen LogP contribution < -0.4 is 31.9 Å². The molecule has 2 aromatic heterocycles. The first kappa shape index (κ1) is 55.6. The summed E-state index contributed by atoms with van der Waals surface area (Å²) in [6, 6.07) is 14.0. The molecule has 6 N–H and O–H groups in total. The van der Waals surface area contributed by atoms with Gasteiger partial charge in [-0.25, -0.2) is 9.36 Å². The smallest absolute Gasteiger partial charge is 0.246 e. The lowest BCUT2D eigenvalue weighted by molar-refractivity contribution is -0.144. The normalized spacial score (nSPS) is 23.4. The molecule has 0 spiro atoms. The Labute approximate surface area is 444 Å². The molecule has 2 aromatic carbocycles. The SMILES string of the molecule is CN[C@@H](C)C(=O)N[C@H]1CCCCC2CC[C@@H](C(=O)N[C@@H](c3ccccc3)c3cn(CCOCCOCCn4cc([C@@H](NC(=O)[C@@H]5CCC6CCCC[C@H](NC(=O)[C@H](C)NC)C(=O)N65)c5ccccc5)nn4)nn3)N2C1=O. The highest BCUT2D eigenvalue weighted by atomic mass is 16.5. The van der Waals surface area contributed by atoms with Gasteiger partial charge in [0.1, 0.15) is 35.6 Å². The lowest BCUT2D eigenvalue weighted by Crippen LogP contribution is -2.58. The van der Waals surface area contributed by atoms with Crippen LogP contribution in [0.4, 0.5) is 0 Å². The van der Waals surface area contributed by atoms with Gasteiger partial charge in [-0.3, -0.25) is 28.8 Å². The highest BCUT2D eigenvalue weighted by molar-refractivity contribution is 5.95. The monoisotopic (exact) mass is 1050 g/mol. The minimum Gasteiger partial charge on any atom is -0.377 e. The fourth-order valence-corrected chi connectivity index (χ4v) is 10.9. The Kier molecular flexibility index (Phi) is 19.7. The van der Waals surface area contributed by atoms with E-state index < -0.39 is 48.3 Å². The standard InChI is InChI=1S/C54H76N14O8/c1-35(55-3)49(69)57-41-21-13-11-19-39-23-25-45(67(39)53(41)73)51(71)59-47(37-15-7-5-8-16-37)43-33-65(63-61-43)27-29-75-31-32-76-30-28-66-34-44(62-64-66)48(38-17-9-6-10-18-38)60-52(72)46-26-24-40-20-12-14-22-42(54(74)68(40)46)58-50(70)36(2)56-4/h5-10,15-18,33-36,39-42,45-48,55-56H,11-14,19-32H2,1-4H3,(H,57,69)(H,58,70)(H,59,71)(H,60,72)/t35-,36-,39?,40?,41-,42-,45-,46-,47-,48-/m0/s1. The maximum absolute atomic E-state index is 14.2. The van der Waals surface area contributed by atoms with Crippen LogP contribution in [-0.4, -0.2) is 164 Å². The number of fused-ring (bicyclic) bond motifs is 2. The van der Waals surface area contributed by atoms with Crippen LogP contribution in [0.3, 0.4) is 0 Å². The first-order valence-electron chi connectivity index (χ1n) is 27.2. The average molecular weight is 1050 g/mol. The van der Waals surface area contributed by atoms with Crippen LogP contribution >= 0.6 is 0 Å². The van der Waals surface area contributed by atoms with E-state index >= 15 is 0 Å². The summed E-state index contributed by atoms with van der Waals surface area (Å²) in [6.07, 6.45) is 12.2. The van der Waals surface area contributed by atoms with Gasteiger partial charge in [0.25, 0.3) is 0 Å². The Balaban J connectivity index is 0.806. The number of carbonyl (C=O) groups is 6. The summed E-state index contributed by atoms with van der Waals surface area (Å²) in [7, 11) is 3.40. The molecule has 22 heteroatoms. The van der Waals surface area contributed by atoms with E-state index in [-0.39, 0.29) is 47.5 Å². The zero-order chi connectivity index (χ0) is 53.6. The fraction of sp³-hybridized carbons (Fsp3) is 0.593. The average Bonchev–Trinajstić information content (AvgIpc) is 4.30. The van der Waals surface area contributed by atoms with Crippen molar-refractivity contribution in [3.05, 3.63) is 95.6 Å². The maximum atomic E-state index is 14.2. The van der Waals surface area contributed by atoms with E-state index in [1.165, 1.54) is 0 Å². The van der Waals surface area contributed by atoms with Gasteiger partial charge < -0.3 is 51.2 Å². The zero-order valence-corrected chi connectivity index (χ0v) is 44.3. The number of likely N-dealkylation sites (N-methyl/N-ethyl adjacent to an activating group) is 2. The van der Waals surface area contributed by atoms with Crippen LogP contribution in [0.15, 0.2) is 73.1 Å². The van der Waals surface area contributed by atoms with E-state index in [2.05, 4.69) is 52.5 Å². The number of carbonyl (C=O) groups excluding carboxylic acids is 6. The number of nitrogens with one attached hydrogen (secondary N) is 6. The van der Waals surface area contributed by atoms with Crippen LogP contribution in [0, 0.1) is 0 Å². The summed E-state index contributed by atoms with van der Waals surface area (Å²) < 4.78 is 15.1. The second-order valence-corrected chi connectivity index (χ2v) is 20.4. The van der Waals surface area contributed by atoms with Gasteiger partial charge in [0.2, 0.25) is 35.4 Å². The molecule has 22 nitrogen and oxygen atoms in total. The molecule has 6 heterocycles. The number of nitrogens with zero attached hydrogens (tertiary/aromatic N) is 8. The molecular weight excluding hydrogens is 973 g/mol. The van der Waals surface area contributed by atoms with Gasteiger partial charge in [0, 0.05) is 12.1 Å². The van der Waals surface area contributed by atoms with E-state index in [1.54, 1.807) is 59.5 Å². The summed E-state index contributed by atoms with van der Waals surface area (Å²) >= 11 is 0. The number of aromatic nitrogens is 6. The molecule has 76 heavy (non-hydrogen) atoms. The third-order valence-corrected chi connectivity index (χ3v) is 15.4. The van der Waals surface area contributed by atoms with Gasteiger partial charge in [0.15, 0.2) is 0 Å². The molecule has 410 valence electrons. The predicted octanol–water partition coefficient (Wildman–Crippen LogP) is 2.07. The molecule has 4 aromatic rings. The minimum atomic E-state index is -0.697. The Hall–Kier alpha value is -6.62. The molecule has 8 rings (SSSR count). The molecule has 0 saturated carbocycles. The van der Waals surface area contributed by atoms with E-state index in [0.717, 1.165) is 49.7 Å². The highest BCUT2D eigenvalue weighted by Gasteiger charge is 2.46. The molecule has 0 radical (unpaired) electrons. The van der Waals surface area contributed by atoms with Crippen molar-refractivity contribution in [1.82, 2.24) is 71.7 Å². The van der Waals surface area contributed by atoms with Gasteiger partial charge in [-0.15, -0.1) is 10.2 Å². The second-order valence-electron chi connectivity index (χ2n) is 20.4. The van der Waals surface area contributed by atoms with E-state index in [4.69, 9.17) is 9.47 Å². The minimum absolute atomic E-state index is 0.0726. The number of benzene rings is 2. The third-order valence-electron chi connectivity index (χ3n) is 15.4. The predicted molar refractivity (Wildman–Crippen MR) is 280 cm³/mol. The molecule has 10 atom stereocenters. The van der Waals surface area contributed by atoms with Crippen LogP contribution in [0.2, 0.25) is 0 Å². The summed E-state index contributed by atoms with van der Waals surface area (Å²) in [5.74, 6) is -1.48. The lowest BCUT2D eigenvalue weighted by Gasteiger charge is -2.36. The number of ether oxygens (including phenoxy) is 2. The van der Waals surface area contributed by atoms with Crippen LogP contribution in [0.1, 0.15) is 125 Å². The van der Waals surface area contributed by atoms with Gasteiger partial charge >= 0.3 is 0 Å². The quantitative estimate of drug-likeness (QED) is 0.0582. The number of amides is 6. The topological polar surface area (TPSA) is 261 Å². The molecule has 6 amide bonds. The van der Waals surface area contributed by atoms with E-state index in [1.807, 2.05) is 60.7 Å². The van der Waals surface area contributed by atoms with Crippen molar-refractivity contribution in [3.63, 3.8) is 0 Å². The van der Waals surface area contributed by atoms with E-state index in [9.17, 15) is 28.8 Å². The molecule has 4 fully saturated rings. The van der Waals surface area contributed by atoms with Crippen LogP contribution in [0.25, 0.3) is 0 Å². The molecular formula is C54H76N14O8. The largest absolute Gasteiger partial charge is 0.377 e. The lowest BCUT2D eigenvalue weighted by atomic mass is 9.98. The van der Waals surface area contributed by atoms with Crippen molar-refractivity contribution in [3.8, 4) is 0 Å². The second kappa shape index (κ2) is 26.9. The van der Waals surface area contributed by atoms with Gasteiger partial charge in [-0.05, 0) is 90.4 Å². The van der Waals surface area contributed by atoms with Crippen molar-refractivity contribution < 1.29 is 38.2 Å². The number of hydrogen-bond acceptors (Lipinski definition) is 14. The maximum Gasteiger partial charge on any atom is 0.246 e. The zero-order valence-electron chi connectivity index (χ0n) is 44.3. The highest BCUT2D eigenvalue weighted by Crippen LogP contribution is 2.34. The fourth-order valence-electron chi connectivity index (χ4n) is 10.9. The van der Waals surface area contributed by atoms with Crippen LogP contribution in [-0.2, 0) is 51.3 Å². The Morgan fingerprint density at radius 1 is 0.553 bits per heavy atom. The van der Waals surface area contributed by atoms with Crippen molar-refractivity contribution in [2.45, 2.75) is 164 Å². The molecule has 4 aliphatic heterocycles. The Bertz CT molecular complexity index is 2390. The van der Waals surface area contributed by atoms with Gasteiger partial charge in [-0.2, -0.15) is 0 Å². The Morgan fingerprint density at radius 3 is 1.34 bits per heavy atom. The van der Waals surface area contributed by atoms with Gasteiger partial charge in [-0.1, -0.05) is 96.8 Å². The van der Waals surface area contributed by atoms with Crippen LogP contribution in [0.5, 0.6) is 0 Å². The molecule has 0 aliphatic carbocycles. The van der Waals surface area contributed by atoms with Crippen molar-refractivity contribution >= 4 is 35.4 Å². The van der Waals surface area contributed by atoms with Crippen molar-refractivity contribution in [2.24, 2.45) is 0 Å². The summed E-state index contributed by atoms with van der Waals surface area (Å²) in [5.41, 5.74) is 2.72. The summed E-state index contributed by atoms with van der Waals surface area (Å²) in [5, 5.41) is 35.7. The molecule has 0 bridgehead atoms. The number of rotatable bonds is 23. The molecule has 4 saturated heterocycles. The first-order chi connectivity index (χ1) is 36.9. The summed E-state index contributed by atoms with van der Waals surface area (Å²) in [4.78, 5) is 85.7. The molecule has 2 unspecified atom stereocenters. The van der Waals surface area contributed by atoms with Crippen molar-refractivity contribution in [1.29, 1.82) is 0 Å². The number of hydrogen-bond donors (Lipinski definition) is 6. The first-order valence-corrected chi connectivity index (χ1v) is 27.2. The van der Waals surface area contributed by atoms with E-state index in [0.29, 0.717) is 89.4 Å². The Morgan fingerprint density at radius 2 is 0.947 bits per heavy atom. The van der Waals surface area contributed by atoms with Gasteiger partial charge in [0.05, 0.1) is 76.1 Å². The molecule has 4 aliphatic rings.